The number of rotatable bonds is 3. The number of pyridine rings is 1. The number of hydrogen-bond acceptors (Lipinski definition) is 4. The van der Waals surface area contributed by atoms with Gasteiger partial charge in [0.1, 0.15) is 11.5 Å². The molecule has 0 aliphatic carbocycles. The third-order valence-electron chi connectivity index (χ3n) is 2.24. The number of nitrogens with one attached hydrogen (secondary N) is 3. The molecular formula is C10H10N4O2S. The molecule has 2 rings (SSSR count). The van der Waals surface area contributed by atoms with E-state index >= 15 is 0 Å². The highest BCUT2D eigenvalue weighted by molar-refractivity contribution is 7.81. The van der Waals surface area contributed by atoms with Gasteiger partial charge in [-0.1, -0.05) is 0 Å². The molecule has 0 amide bonds. The van der Waals surface area contributed by atoms with Crippen molar-refractivity contribution in [2.75, 3.05) is 0 Å². The Kier molecular flexibility index (Phi) is 3.01. The van der Waals surface area contributed by atoms with Crippen LogP contribution in [0.4, 0.5) is 0 Å². The second-order valence-electron chi connectivity index (χ2n) is 3.36. The molecule has 0 radical (unpaired) electrons. The van der Waals surface area contributed by atoms with Gasteiger partial charge in [-0.05, 0) is 12.1 Å². The Hall–Kier alpha value is -2.02. The van der Waals surface area contributed by atoms with E-state index in [1.54, 1.807) is 24.5 Å². The Bertz CT molecular complexity index is 580. The average Bonchev–Trinajstić information content (AvgIpc) is 2.72. The highest BCUT2D eigenvalue weighted by Gasteiger charge is 2.16. The molecule has 2 aromatic rings. The Balaban J connectivity index is 2.28. The Labute approximate surface area is 102 Å². The van der Waals surface area contributed by atoms with Crippen molar-refractivity contribution < 1.29 is 9.90 Å². The van der Waals surface area contributed by atoms with Crippen LogP contribution in [-0.4, -0.2) is 32.3 Å². The van der Waals surface area contributed by atoms with Gasteiger partial charge in [-0.3, -0.25) is 5.41 Å². The topological polar surface area (TPSA) is 102 Å². The number of fused-ring (bicyclic) bond motifs is 1. The molecule has 0 aromatic carbocycles. The lowest BCUT2D eigenvalue weighted by molar-refractivity contribution is -0.136. The van der Waals surface area contributed by atoms with Crippen molar-refractivity contribution in [3.8, 4) is 0 Å². The smallest absolute Gasteiger partial charge is 0.336 e. The van der Waals surface area contributed by atoms with Gasteiger partial charge in [0, 0.05) is 23.3 Å². The van der Waals surface area contributed by atoms with Crippen LogP contribution in [0.3, 0.4) is 0 Å². The predicted octanol–water partition coefficient (Wildman–Crippen LogP) is 0.818. The van der Waals surface area contributed by atoms with Gasteiger partial charge in [0.2, 0.25) is 0 Å². The third-order valence-corrected chi connectivity index (χ3v) is 2.59. The zero-order chi connectivity index (χ0) is 12.4. The van der Waals surface area contributed by atoms with Gasteiger partial charge < -0.3 is 15.4 Å². The molecule has 0 saturated carbocycles. The number of aliphatic carboxylic acids is 1. The van der Waals surface area contributed by atoms with Gasteiger partial charge >= 0.3 is 5.97 Å². The number of nitrogens with zero attached hydrogens (tertiary/aromatic N) is 1. The molecule has 2 heterocycles. The van der Waals surface area contributed by atoms with E-state index in [2.05, 4.69) is 27.9 Å². The van der Waals surface area contributed by atoms with Crippen LogP contribution in [0.25, 0.3) is 11.0 Å². The van der Waals surface area contributed by atoms with Gasteiger partial charge in [-0.15, -0.1) is 12.6 Å². The number of hydrogen-bond donors (Lipinski definition) is 5. The fourth-order valence-electron chi connectivity index (χ4n) is 1.44. The Morgan fingerprint density at radius 2 is 2.41 bits per heavy atom. The minimum absolute atomic E-state index is 0.00773. The summed E-state index contributed by atoms with van der Waals surface area (Å²) in [6, 6.07) is 3.56. The minimum Gasteiger partial charge on any atom is -0.479 e. The van der Waals surface area contributed by atoms with Crippen LogP contribution in [0, 0.1) is 5.41 Å². The van der Waals surface area contributed by atoms with E-state index in [1.807, 2.05) is 0 Å². The SMILES string of the molecule is N=C(NC(S)C(=O)O)c1c[nH]c2ncccc12. The summed E-state index contributed by atoms with van der Waals surface area (Å²) in [5, 5.41) is 18.6. The first kappa shape index (κ1) is 11.5. The molecule has 2 aromatic heterocycles. The van der Waals surface area contributed by atoms with Gasteiger partial charge in [0.15, 0.2) is 5.37 Å². The fraction of sp³-hybridized carbons (Fsp3) is 0.100. The summed E-state index contributed by atoms with van der Waals surface area (Å²) in [5.41, 5.74) is 1.22. The largest absolute Gasteiger partial charge is 0.479 e. The second kappa shape index (κ2) is 4.46. The average molecular weight is 250 g/mol. The number of carboxylic acids is 1. The number of aromatic nitrogens is 2. The summed E-state index contributed by atoms with van der Waals surface area (Å²) in [5.74, 6) is -1.14. The Morgan fingerprint density at radius 1 is 1.65 bits per heavy atom. The van der Waals surface area contributed by atoms with Crippen LogP contribution in [-0.2, 0) is 4.79 Å². The van der Waals surface area contributed by atoms with Gasteiger partial charge in [-0.25, -0.2) is 9.78 Å². The Morgan fingerprint density at radius 3 is 3.12 bits per heavy atom. The maximum absolute atomic E-state index is 10.6. The van der Waals surface area contributed by atoms with E-state index in [4.69, 9.17) is 10.5 Å². The molecule has 17 heavy (non-hydrogen) atoms. The van der Waals surface area contributed by atoms with E-state index in [1.165, 1.54) is 0 Å². The lowest BCUT2D eigenvalue weighted by Gasteiger charge is -2.10. The molecule has 0 saturated heterocycles. The molecule has 0 fully saturated rings. The van der Waals surface area contributed by atoms with Crippen molar-refractivity contribution in [1.82, 2.24) is 15.3 Å². The molecule has 0 aliphatic rings. The lowest BCUT2D eigenvalue weighted by Crippen LogP contribution is -2.36. The summed E-state index contributed by atoms with van der Waals surface area (Å²) in [4.78, 5) is 17.6. The number of H-pyrrole nitrogens is 1. The molecular weight excluding hydrogens is 240 g/mol. The highest BCUT2D eigenvalue weighted by atomic mass is 32.1. The normalized spacial score (nSPS) is 12.3. The van der Waals surface area contributed by atoms with Gasteiger partial charge in [-0.2, -0.15) is 0 Å². The number of thiol groups is 1. The molecule has 0 aliphatic heterocycles. The first-order chi connectivity index (χ1) is 8.09. The zero-order valence-electron chi connectivity index (χ0n) is 8.64. The maximum atomic E-state index is 10.6. The monoisotopic (exact) mass is 250 g/mol. The molecule has 88 valence electrons. The predicted molar refractivity (Wildman–Crippen MR) is 66.5 cm³/mol. The van der Waals surface area contributed by atoms with E-state index in [9.17, 15) is 4.79 Å². The highest BCUT2D eigenvalue weighted by Crippen LogP contribution is 2.15. The van der Waals surface area contributed by atoms with Gasteiger partial charge in [0.25, 0.3) is 0 Å². The summed E-state index contributed by atoms with van der Waals surface area (Å²) in [7, 11) is 0. The molecule has 1 unspecified atom stereocenters. The van der Waals surface area contributed by atoms with Crippen LogP contribution in [0.1, 0.15) is 5.56 Å². The lowest BCUT2D eigenvalue weighted by atomic mass is 10.2. The summed E-state index contributed by atoms with van der Waals surface area (Å²) in [6.45, 7) is 0. The number of carboxylic acid groups (broad SMARTS) is 1. The number of carbonyl (C=O) groups is 1. The van der Waals surface area contributed by atoms with Crippen molar-refractivity contribution in [2.24, 2.45) is 0 Å². The summed E-state index contributed by atoms with van der Waals surface area (Å²) in [6.07, 6.45) is 3.24. The number of aromatic amines is 1. The fourth-order valence-corrected chi connectivity index (χ4v) is 1.57. The molecule has 6 nitrogen and oxygen atoms in total. The quantitative estimate of drug-likeness (QED) is 0.241. The molecule has 4 N–H and O–H groups in total. The van der Waals surface area contributed by atoms with Crippen molar-refractivity contribution in [3.63, 3.8) is 0 Å². The van der Waals surface area contributed by atoms with Crippen LogP contribution in [0.5, 0.6) is 0 Å². The van der Waals surface area contributed by atoms with Crippen LogP contribution in [0.2, 0.25) is 0 Å². The second-order valence-corrected chi connectivity index (χ2v) is 3.88. The van der Waals surface area contributed by atoms with E-state index in [0.29, 0.717) is 11.2 Å². The van der Waals surface area contributed by atoms with E-state index < -0.39 is 11.3 Å². The molecule has 0 spiro atoms. The van der Waals surface area contributed by atoms with Crippen molar-refractivity contribution >= 4 is 35.5 Å². The van der Waals surface area contributed by atoms with E-state index in [0.717, 1.165) is 5.39 Å². The minimum atomic E-state index is -1.13. The maximum Gasteiger partial charge on any atom is 0.336 e. The number of amidine groups is 1. The van der Waals surface area contributed by atoms with E-state index in [-0.39, 0.29) is 5.84 Å². The van der Waals surface area contributed by atoms with Crippen LogP contribution >= 0.6 is 12.6 Å². The standard InChI is InChI=1S/C10H10N4O2S/c11-7(14-9(17)10(15)16)6-4-13-8-5(6)2-1-3-12-8/h1-4,9,17H,(H2,11,14)(H,12,13)(H,15,16). The first-order valence-corrected chi connectivity index (χ1v) is 5.29. The first-order valence-electron chi connectivity index (χ1n) is 4.78. The van der Waals surface area contributed by atoms with Gasteiger partial charge in [0.05, 0.1) is 0 Å². The summed E-state index contributed by atoms with van der Waals surface area (Å²) >= 11 is 3.81. The molecule has 7 heteroatoms. The van der Waals surface area contributed by atoms with Crippen molar-refractivity contribution in [2.45, 2.75) is 5.37 Å². The van der Waals surface area contributed by atoms with Crippen molar-refractivity contribution in [1.29, 1.82) is 5.41 Å². The van der Waals surface area contributed by atoms with Crippen LogP contribution < -0.4 is 5.32 Å². The molecule has 0 bridgehead atoms. The molecule has 1 atom stereocenters. The van der Waals surface area contributed by atoms with Crippen LogP contribution in [0.15, 0.2) is 24.5 Å². The summed E-state index contributed by atoms with van der Waals surface area (Å²) < 4.78 is 0. The zero-order valence-corrected chi connectivity index (χ0v) is 9.53. The van der Waals surface area contributed by atoms with Crippen molar-refractivity contribution in [3.05, 3.63) is 30.1 Å². The third kappa shape index (κ3) is 2.23.